The van der Waals surface area contributed by atoms with E-state index in [1.165, 1.54) is 29.0 Å². The number of carbonyl (C=O) groups is 2. The van der Waals surface area contributed by atoms with Gasteiger partial charge in [-0.2, -0.15) is 0 Å². The van der Waals surface area contributed by atoms with Crippen LogP contribution in [0.3, 0.4) is 0 Å². The Kier molecular flexibility index (Phi) is 5.93. The van der Waals surface area contributed by atoms with Crippen LogP contribution in [0.5, 0.6) is 0 Å². The number of nitrogens with two attached hydrogens (primary N) is 1. The number of nitrogens with zero attached hydrogens (tertiary/aromatic N) is 5. The molecule has 1 aliphatic heterocycles. The van der Waals surface area contributed by atoms with Gasteiger partial charge in [0.2, 0.25) is 11.8 Å². The van der Waals surface area contributed by atoms with E-state index in [2.05, 4.69) is 15.0 Å². The van der Waals surface area contributed by atoms with E-state index in [9.17, 15) is 9.59 Å². The third-order valence-electron chi connectivity index (χ3n) is 4.78. The number of amides is 2. The Morgan fingerprint density at radius 2 is 2.14 bits per heavy atom. The van der Waals surface area contributed by atoms with E-state index in [1.54, 1.807) is 17.2 Å². The molecule has 29 heavy (non-hydrogen) atoms. The van der Waals surface area contributed by atoms with Crippen molar-refractivity contribution in [2.45, 2.75) is 12.8 Å². The Balaban J connectivity index is 1.59. The molecular weight excluding hydrogens is 408 g/mol. The van der Waals surface area contributed by atoms with Gasteiger partial charge in [0, 0.05) is 24.2 Å². The van der Waals surface area contributed by atoms with E-state index < -0.39 is 0 Å². The van der Waals surface area contributed by atoms with Crippen molar-refractivity contribution >= 4 is 45.3 Å². The van der Waals surface area contributed by atoms with Crippen LogP contribution in [0.25, 0.3) is 10.7 Å². The summed E-state index contributed by atoms with van der Waals surface area (Å²) < 4.78 is 0. The van der Waals surface area contributed by atoms with Crippen molar-refractivity contribution in [3.05, 3.63) is 41.5 Å². The molecule has 1 saturated heterocycles. The lowest BCUT2D eigenvalue weighted by Crippen LogP contribution is -2.45. The molecule has 1 atom stereocenters. The van der Waals surface area contributed by atoms with Crippen LogP contribution >= 0.6 is 22.7 Å². The van der Waals surface area contributed by atoms with E-state index in [-0.39, 0.29) is 24.3 Å². The van der Waals surface area contributed by atoms with E-state index in [4.69, 9.17) is 5.73 Å². The first-order valence-corrected chi connectivity index (χ1v) is 11.0. The highest BCUT2D eigenvalue weighted by Gasteiger charge is 2.28. The van der Waals surface area contributed by atoms with Crippen molar-refractivity contribution in [3.63, 3.8) is 0 Å². The van der Waals surface area contributed by atoms with Gasteiger partial charge in [-0.3, -0.25) is 19.4 Å². The average molecular weight is 429 g/mol. The molecule has 0 bridgehead atoms. The van der Waals surface area contributed by atoms with E-state index >= 15 is 0 Å². The fourth-order valence-electron chi connectivity index (χ4n) is 3.39. The molecular formula is C19H20N6O2S2. The summed E-state index contributed by atoms with van der Waals surface area (Å²) in [4.78, 5) is 41.4. The standard InChI is InChI=1S/C19H20N6O2S2/c20-18(27)13-3-1-6-24(10-13)11-16(26)25(17-4-2-7-28-17)15-9-14(22-12-23-15)19-21-5-8-29-19/h2,4-5,7-9,12-13H,1,3,6,10-11H2,(H2,20,27). The van der Waals surface area contributed by atoms with Crippen LogP contribution in [-0.2, 0) is 9.59 Å². The Morgan fingerprint density at radius 3 is 2.86 bits per heavy atom. The van der Waals surface area contributed by atoms with Crippen LogP contribution < -0.4 is 10.6 Å². The number of piperidine rings is 1. The second kappa shape index (κ2) is 8.76. The second-order valence-corrected chi connectivity index (χ2v) is 8.58. The molecule has 0 aliphatic carbocycles. The van der Waals surface area contributed by atoms with E-state index in [0.29, 0.717) is 18.1 Å². The molecule has 0 radical (unpaired) electrons. The third-order valence-corrected chi connectivity index (χ3v) is 6.42. The van der Waals surface area contributed by atoms with Gasteiger partial charge in [0.15, 0.2) is 0 Å². The molecule has 1 fully saturated rings. The fourth-order valence-corrected chi connectivity index (χ4v) is 4.75. The lowest BCUT2D eigenvalue weighted by Gasteiger charge is -2.32. The third kappa shape index (κ3) is 4.50. The lowest BCUT2D eigenvalue weighted by molar-refractivity contribution is -0.125. The smallest absolute Gasteiger partial charge is 0.247 e. The summed E-state index contributed by atoms with van der Waals surface area (Å²) in [6.07, 6.45) is 4.79. The summed E-state index contributed by atoms with van der Waals surface area (Å²) in [6, 6.07) is 5.56. The predicted octanol–water partition coefficient (Wildman–Crippen LogP) is 2.52. The molecule has 8 nitrogen and oxygen atoms in total. The molecule has 2 N–H and O–H groups in total. The maximum atomic E-state index is 13.3. The van der Waals surface area contributed by atoms with Gasteiger partial charge in [-0.25, -0.2) is 15.0 Å². The molecule has 4 heterocycles. The molecule has 3 aromatic rings. The first-order valence-electron chi connectivity index (χ1n) is 9.22. The van der Waals surface area contributed by atoms with E-state index in [1.807, 2.05) is 27.8 Å². The van der Waals surface area contributed by atoms with Crippen molar-refractivity contribution in [1.29, 1.82) is 0 Å². The van der Waals surface area contributed by atoms with Gasteiger partial charge in [-0.1, -0.05) is 0 Å². The number of aromatic nitrogens is 3. The molecule has 1 aliphatic rings. The van der Waals surface area contributed by atoms with Crippen molar-refractivity contribution < 1.29 is 9.59 Å². The van der Waals surface area contributed by atoms with Crippen LogP contribution in [-0.4, -0.2) is 51.3 Å². The quantitative estimate of drug-likeness (QED) is 0.647. The number of thiophene rings is 1. The molecule has 3 aromatic heterocycles. The minimum Gasteiger partial charge on any atom is -0.369 e. The van der Waals surface area contributed by atoms with Gasteiger partial charge in [-0.05, 0) is 36.9 Å². The van der Waals surface area contributed by atoms with Gasteiger partial charge < -0.3 is 5.73 Å². The summed E-state index contributed by atoms with van der Waals surface area (Å²) in [7, 11) is 0. The molecule has 10 heteroatoms. The van der Waals surface area contributed by atoms with Crippen LogP contribution in [0.2, 0.25) is 0 Å². The molecule has 0 spiro atoms. The van der Waals surface area contributed by atoms with Gasteiger partial charge in [0.25, 0.3) is 0 Å². The number of anilines is 2. The molecule has 4 rings (SSSR count). The summed E-state index contributed by atoms with van der Waals surface area (Å²) in [5.74, 6) is -0.120. The van der Waals surface area contributed by atoms with Crippen molar-refractivity contribution in [2.24, 2.45) is 11.7 Å². The number of carbonyl (C=O) groups excluding carboxylic acids is 2. The number of hydrogen-bond donors (Lipinski definition) is 1. The maximum Gasteiger partial charge on any atom is 0.247 e. The van der Waals surface area contributed by atoms with Gasteiger partial charge >= 0.3 is 0 Å². The van der Waals surface area contributed by atoms with Gasteiger partial charge in [0.1, 0.15) is 27.8 Å². The van der Waals surface area contributed by atoms with Crippen molar-refractivity contribution in [3.8, 4) is 10.7 Å². The van der Waals surface area contributed by atoms with Crippen LogP contribution in [0.4, 0.5) is 10.8 Å². The SMILES string of the molecule is NC(=O)C1CCCN(CC(=O)N(c2cc(-c3nccs3)ncn2)c2cccs2)C1. The summed E-state index contributed by atoms with van der Waals surface area (Å²) in [5, 5.41) is 5.35. The normalized spacial score (nSPS) is 17.2. The number of likely N-dealkylation sites (tertiary alicyclic amines) is 1. The summed E-state index contributed by atoms with van der Waals surface area (Å²) in [6.45, 7) is 1.47. The van der Waals surface area contributed by atoms with Gasteiger partial charge in [0.05, 0.1) is 12.5 Å². The minimum atomic E-state index is -0.304. The number of rotatable bonds is 6. The van der Waals surface area contributed by atoms with Crippen LogP contribution in [0.15, 0.2) is 41.5 Å². The minimum absolute atomic E-state index is 0.110. The Morgan fingerprint density at radius 1 is 1.24 bits per heavy atom. The van der Waals surface area contributed by atoms with Gasteiger partial charge in [-0.15, -0.1) is 22.7 Å². The highest BCUT2D eigenvalue weighted by Crippen LogP contribution is 2.31. The Bertz CT molecular complexity index is 977. The largest absolute Gasteiger partial charge is 0.369 e. The molecule has 150 valence electrons. The summed E-state index contributed by atoms with van der Waals surface area (Å²) >= 11 is 2.94. The zero-order chi connectivity index (χ0) is 20.2. The molecule has 0 aromatic carbocycles. The Labute approximate surface area is 176 Å². The first-order chi connectivity index (χ1) is 14.1. The first kappa shape index (κ1) is 19.6. The molecule has 1 unspecified atom stereocenters. The predicted molar refractivity (Wildman–Crippen MR) is 113 cm³/mol. The fraction of sp³-hybridized carbons (Fsp3) is 0.316. The lowest BCUT2D eigenvalue weighted by atomic mass is 9.97. The molecule has 0 saturated carbocycles. The highest BCUT2D eigenvalue weighted by atomic mass is 32.1. The topological polar surface area (TPSA) is 105 Å². The van der Waals surface area contributed by atoms with Crippen LogP contribution in [0.1, 0.15) is 12.8 Å². The Hall–Kier alpha value is -2.69. The average Bonchev–Trinajstić information content (AvgIpc) is 3.43. The monoisotopic (exact) mass is 428 g/mol. The maximum absolute atomic E-state index is 13.3. The number of hydrogen-bond acceptors (Lipinski definition) is 8. The van der Waals surface area contributed by atoms with Crippen LogP contribution in [0, 0.1) is 5.92 Å². The summed E-state index contributed by atoms with van der Waals surface area (Å²) in [5.41, 5.74) is 6.14. The number of primary amides is 1. The number of thiazole rings is 1. The molecule has 2 amide bonds. The van der Waals surface area contributed by atoms with Crippen molar-refractivity contribution in [2.75, 3.05) is 24.5 Å². The highest BCUT2D eigenvalue weighted by molar-refractivity contribution is 7.14. The second-order valence-electron chi connectivity index (χ2n) is 6.76. The van der Waals surface area contributed by atoms with Crippen molar-refractivity contribution in [1.82, 2.24) is 19.9 Å². The zero-order valence-electron chi connectivity index (χ0n) is 15.6. The zero-order valence-corrected chi connectivity index (χ0v) is 17.2. The van der Waals surface area contributed by atoms with E-state index in [0.717, 1.165) is 29.4 Å².